The molecule has 1 aromatic carbocycles. The molecule has 2 rings (SSSR count). The number of carbonyl (C=O) groups is 1. The number of benzene rings is 1. The van der Waals surface area contributed by atoms with Crippen molar-refractivity contribution in [1.29, 1.82) is 0 Å². The summed E-state index contributed by atoms with van der Waals surface area (Å²) in [5, 5.41) is 9.98. The minimum atomic E-state index is -1.73. The minimum Gasteiger partial charge on any atom is -0.467 e. The third-order valence-electron chi connectivity index (χ3n) is 3.28. The first-order chi connectivity index (χ1) is 8.10. The lowest BCUT2D eigenvalue weighted by molar-refractivity contribution is -0.163. The van der Waals surface area contributed by atoms with Crippen molar-refractivity contribution < 1.29 is 14.6 Å². The van der Waals surface area contributed by atoms with Crippen LogP contribution in [0.3, 0.4) is 0 Å². The zero-order valence-corrected chi connectivity index (χ0v) is 10.4. The second-order valence-corrected chi connectivity index (χ2v) is 4.80. The average molecular weight is 255 g/mol. The van der Waals surface area contributed by atoms with Crippen LogP contribution in [0, 0.1) is 0 Å². The van der Waals surface area contributed by atoms with Crippen LogP contribution in [0.2, 0.25) is 0 Å². The number of rotatable bonds is 1. The maximum absolute atomic E-state index is 11.9. The summed E-state index contributed by atoms with van der Waals surface area (Å²) in [6, 6.07) is 7.35. The topological polar surface area (TPSA) is 46.5 Å². The number of fused-ring (bicyclic) bond motifs is 1. The molecule has 1 aliphatic carbocycles. The molecule has 0 spiro atoms. The van der Waals surface area contributed by atoms with E-state index in [1.807, 2.05) is 12.1 Å². The Balaban J connectivity index is 2.58. The van der Waals surface area contributed by atoms with E-state index in [9.17, 15) is 9.90 Å². The van der Waals surface area contributed by atoms with Crippen molar-refractivity contribution in [3.8, 4) is 0 Å². The van der Waals surface area contributed by atoms with E-state index in [0.29, 0.717) is 12.0 Å². The Kier molecular flexibility index (Phi) is 3.40. The first kappa shape index (κ1) is 12.4. The molecule has 0 bridgehead atoms. The van der Waals surface area contributed by atoms with E-state index in [-0.39, 0.29) is 0 Å². The highest BCUT2D eigenvalue weighted by atomic mass is 35.5. The molecule has 3 nitrogen and oxygen atoms in total. The molecule has 92 valence electrons. The molecule has 0 heterocycles. The summed E-state index contributed by atoms with van der Waals surface area (Å²) in [5.41, 5.74) is -0.198. The molecular formula is C13H15ClO3. The van der Waals surface area contributed by atoms with Crippen LogP contribution in [0.25, 0.3) is 0 Å². The van der Waals surface area contributed by atoms with Crippen LogP contribution in [-0.4, -0.2) is 23.6 Å². The van der Waals surface area contributed by atoms with Crippen LogP contribution >= 0.6 is 11.6 Å². The third kappa shape index (κ3) is 1.94. The van der Waals surface area contributed by atoms with E-state index in [4.69, 9.17) is 16.3 Å². The van der Waals surface area contributed by atoms with Crippen LogP contribution in [-0.2, 0) is 21.6 Å². The Morgan fingerprint density at radius 1 is 1.53 bits per heavy atom. The normalized spacial score (nSPS) is 28.1. The minimum absolute atomic E-state index is 0.573. The third-order valence-corrected chi connectivity index (χ3v) is 3.82. The Labute approximate surface area is 105 Å². The van der Waals surface area contributed by atoms with Gasteiger partial charge in [-0.3, -0.25) is 0 Å². The zero-order valence-electron chi connectivity index (χ0n) is 9.65. The summed E-state index contributed by atoms with van der Waals surface area (Å²) in [7, 11) is 1.26. The molecule has 0 saturated carbocycles. The number of aryl methyl sites for hydroxylation is 1. The van der Waals surface area contributed by atoms with Crippen molar-refractivity contribution in [2.75, 3.05) is 7.11 Å². The lowest BCUT2D eigenvalue weighted by Gasteiger charge is -2.29. The van der Waals surface area contributed by atoms with E-state index in [0.717, 1.165) is 18.4 Å². The summed E-state index contributed by atoms with van der Waals surface area (Å²) in [6.45, 7) is 0. The number of carbonyl (C=O) groups excluding carboxylic acids is 1. The van der Waals surface area contributed by atoms with Gasteiger partial charge in [-0.1, -0.05) is 24.3 Å². The van der Waals surface area contributed by atoms with Gasteiger partial charge >= 0.3 is 5.97 Å². The number of methoxy groups -OCH3 is 1. The van der Waals surface area contributed by atoms with Crippen LogP contribution in [0.15, 0.2) is 24.3 Å². The first-order valence-electron chi connectivity index (χ1n) is 5.64. The van der Waals surface area contributed by atoms with Gasteiger partial charge < -0.3 is 9.84 Å². The summed E-state index contributed by atoms with van der Waals surface area (Å²) >= 11 is 6.18. The zero-order chi connectivity index (χ0) is 12.5. The number of ether oxygens (including phenoxy) is 1. The fourth-order valence-electron chi connectivity index (χ4n) is 2.35. The average Bonchev–Trinajstić information content (AvgIpc) is 2.48. The number of hydrogen-bond donors (Lipinski definition) is 1. The second kappa shape index (κ2) is 4.67. The lowest BCUT2D eigenvalue weighted by Crippen LogP contribution is -2.44. The molecular weight excluding hydrogens is 240 g/mol. The second-order valence-electron chi connectivity index (χ2n) is 4.27. The molecule has 0 unspecified atom stereocenters. The molecule has 1 aliphatic rings. The maximum Gasteiger partial charge on any atom is 0.344 e. The molecule has 0 aliphatic heterocycles. The number of alkyl halides is 1. The lowest BCUT2D eigenvalue weighted by atomic mass is 9.87. The molecule has 2 atom stereocenters. The largest absolute Gasteiger partial charge is 0.467 e. The van der Waals surface area contributed by atoms with E-state index in [1.54, 1.807) is 12.1 Å². The fourth-order valence-corrected chi connectivity index (χ4v) is 2.71. The van der Waals surface area contributed by atoms with Crippen molar-refractivity contribution in [3.05, 3.63) is 35.4 Å². The Bertz CT molecular complexity index is 432. The van der Waals surface area contributed by atoms with Gasteiger partial charge in [-0.2, -0.15) is 0 Å². The predicted octanol–water partition coefficient (Wildman–Crippen LogP) is 1.99. The number of aliphatic hydroxyl groups is 1. The van der Waals surface area contributed by atoms with E-state index in [2.05, 4.69) is 0 Å². The van der Waals surface area contributed by atoms with Gasteiger partial charge in [0.15, 0.2) is 0 Å². The van der Waals surface area contributed by atoms with E-state index >= 15 is 0 Å². The van der Waals surface area contributed by atoms with Crippen molar-refractivity contribution in [3.63, 3.8) is 0 Å². The monoisotopic (exact) mass is 254 g/mol. The van der Waals surface area contributed by atoms with Crippen molar-refractivity contribution >= 4 is 17.6 Å². The number of halogens is 1. The van der Waals surface area contributed by atoms with Crippen LogP contribution in [0.5, 0.6) is 0 Å². The Morgan fingerprint density at radius 3 is 2.94 bits per heavy atom. The smallest absolute Gasteiger partial charge is 0.344 e. The summed E-state index contributed by atoms with van der Waals surface area (Å²) in [4.78, 5) is 11.9. The molecule has 4 heteroatoms. The van der Waals surface area contributed by atoms with Gasteiger partial charge in [-0.25, -0.2) is 4.79 Å². The maximum atomic E-state index is 11.9. The highest BCUT2D eigenvalue weighted by Crippen LogP contribution is 2.38. The van der Waals surface area contributed by atoms with Gasteiger partial charge in [-0.15, -0.1) is 11.6 Å². The van der Waals surface area contributed by atoms with Gasteiger partial charge in [0, 0.05) is 0 Å². The molecule has 0 saturated heterocycles. The van der Waals surface area contributed by atoms with Crippen LogP contribution in [0.1, 0.15) is 24.0 Å². The summed E-state index contributed by atoms with van der Waals surface area (Å²) in [6.07, 6.45) is 2.25. The van der Waals surface area contributed by atoms with Crippen molar-refractivity contribution in [2.24, 2.45) is 0 Å². The summed E-state index contributed by atoms with van der Waals surface area (Å²) < 4.78 is 4.70. The highest BCUT2D eigenvalue weighted by Gasteiger charge is 2.48. The van der Waals surface area contributed by atoms with Crippen LogP contribution < -0.4 is 0 Å². The molecule has 1 aromatic rings. The standard InChI is InChI=1S/C13H15ClO3/c1-17-12(15)13(16)10-7-3-2-5-9(10)6-4-8-11(13)14/h2-3,5,7,11,16H,4,6,8H2,1H3/t11-,13-/m1/s1. The molecule has 0 amide bonds. The van der Waals surface area contributed by atoms with Gasteiger partial charge in [0.05, 0.1) is 12.5 Å². The van der Waals surface area contributed by atoms with Crippen molar-refractivity contribution in [1.82, 2.24) is 0 Å². The van der Waals surface area contributed by atoms with Crippen molar-refractivity contribution in [2.45, 2.75) is 30.2 Å². The Hall–Kier alpha value is -1.06. The number of hydrogen-bond acceptors (Lipinski definition) is 3. The van der Waals surface area contributed by atoms with Gasteiger partial charge in [0.1, 0.15) is 0 Å². The number of esters is 1. The SMILES string of the molecule is COC(=O)[C@@]1(O)c2ccccc2CCC[C@H]1Cl. The molecule has 17 heavy (non-hydrogen) atoms. The molecule has 0 radical (unpaired) electrons. The van der Waals surface area contributed by atoms with Crippen LogP contribution in [0.4, 0.5) is 0 Å². The quantitative estimate of drug-likeness (QED) is 0.474. The first-order valence-corrected chi connectivity index (χ1v) is 6.07. The summed E-state index contributed by atoms with van der Waals surface area (Å²) in [5.74, 6) is -0.688. The molecule has 0 aromatic heterocycles. The van der Waals surface area contributed by atoms with Gasteiger partial charge in [0.25, 0.3) is 0 Å². The highest BCUT2D eigenvalue weighted by molar-refractivity contribution is 6.23. The van der Waals surface area contributed by atoms with E-state index in [1.165, 1.54) is 7.11 Å². The fraction of sp³-hybridized carbons (Fsp3) is 0.462. The predicted molar refractivity (Wildman–Crippen MR) is 64.9 cm³/mol. The van der Waals surface area contributed by atoms with E-state index < -0.39 is 16.9 Å². The molecule has 1 N–H and O–H groups in total. The van der Waals surface area contributed by atoms with Gasteiger partial charge in [-0.05, 0) is 30.4 Å². The Morgan fingerprint density at radius 2 is 2.24 bits per heavy atom. The molecule has 0 fully saturated rings. The van der Waals surface area contributed by atoms with Gasteiger partial charge in [0.2, 0.25) is 5.60 Å².